The third kappa shape index (κ3) is 3.65. The predicted octanol–water partition coefficient (Wildman–Crippen LogP) is 3.41. The summed E-state index contributed by atoms with van der Waals surface area (Å²) < 4.78 is 1.10. The van der Waals surface area contributed by atoms with Crippen LogP contribution >= 0.6 is 34.2 Å². The van der Waals surface area contributed by atoms with E-state index in [4.69, 9.17) is 11.6 Å². The Morgan fingerprint density at radius 1 is 1.60 bits per heavy atom. The van der Waals surface area contributed by atoms with Crippen molar-refractivity contribution in [3.8, 4) is 0 Å². The van der Waals surface area contributed by atoms with Crippen LogP contribution in [0.15, 0.2) is 18.2 Å². The fourth-order valence-corrected chi connectivity index (χ4v) is 1.69. The molecular weight excluding hydrogens is 324 g/mol. The number of benzene rings is 1. The lowest BCUT2D eigenvalue weighted by atomic mass is 10.1. The number of carbonyl (C=O) groups excluding carboxylic acids is 1. The summed E-state index contributed by atoms with van der Waals surface area (Å²) in [6.45, 7) is 3.78. The number of alkyl halides is 1. The first-order valence-corrected chi connectivity index (χ1v) is 6.29. The summed E-state index contributed by atoms with van der Waals surface area (Å²) in [5.41, 5.74) is 1.93. The maximum Gasteiger partial charge on any atom is 0.228 e. The third-order valence-corrected chi connectivity index (χ3v) is 3.27. The average molecular weight is 338 g/mol. The van der Waals surface area contributed by atoms with Crippen LogP contribution in [0.5, 0.6) is 0 Å². The highest BCUT2D eigenvalue weighted by Crippen LogP contribution is 2.18. The molecule has 1 rings (SSSR count). The zero-order chi connectivity index (χ0) is 11.4. The van der Waals surface area contributed by atoms with Gasteiger partial charge in [-0.25, -0.2) is 0 Å². The Labute approximate surface area is 109 Å². The largest absolute Gasteiger partial charge is 0.326 e. The fraction of sp³-hybridized carbons (Fsp3) is 0.364. The van der Waals surface area contributed by atoms with E-state index in [0.29, 0.717) is 5.88 Å². The normalized spacial score (nSPS) is 12.3. The second kappa shape index (κ2) is 5.70. The van der Waals surface area contributed by atoms with Gasteiger partial charge in [0.25, 0.3) is 0 Å². The van der Waals surface area contributed by atoms with Gasteiger partial charge in [-0.1, -0.05) is 13.0 Å². The van der Waals surface area contributed by atoms with E-state index in [1.165, 1.54) is 0 Å². The van der Waals surface area contributed by atoms with Gasteiger partial charge in [-0.2, -0.15) is 0 Å². The van der Waals surface area contributed by atoms with Crippen molar-refractivity contribution in [3.05, 3.63) is 27.3 Å². The Bertz CT molecular complexity index is 368. The number of nitrogens with one attached hydrogen (secondary N) is 1. The monoisotopic (exact) mass is 337 g/mol. The van der Waals surface area contributed by atoms with E-state index >= 15 is 0 Å². The molecule has 0 spiro atoms. The Morgan fingerprint density at radius 3 is 2.87 bits per heavy atom. The van der Waals surface area contributed by atoms with Crippen LogP contribution in [0.3, 0.4) is 0 Å². The van der Waals surface area contributed by atoms with Crippen molar-refractivity contribution >= 4 is 45.8 Å². The average Bonchev–Trinajstić information content (AvgIpc) is 2.22. The smallest absolute Gasteiger partial charge is 0.228 e. The molecule has 1 N–H and O–H groups in total. The third-order valence-electron chi connectivity index (χ3n) is 2.14. The molecule has 1 aromatic carbocycles. The lowest BCUT2D eigenvalue weighted by molar-refractivity contribution is -0.118. The number of carbonyl (C=O) groups is 1. The number of amides is 1. The van der Waals surface area contributed by atoms with Crippen LogP contribution in [-0.4, -0.2) is 11.8 Å². The van der Waals surface area contributed by atoms with Crippen LogP contribution in [-0.2, 0) is 4.79 Å². The molecule has 0 bridgehead atoms. The maximum atomic E-state index is 11.6. The van der Waals surface area contributed by atoms with Crippen molar-refractivity contribution in [1.82, 2.24) is 0 Å². The van der Waals surface area contributed by atoms with Crippen LogP contribution in [0.4, 0.5) is 5.69 Å². The molecule has 0 saturated carbocycles. The zero-order valence-corrected chi connectivity index (χ0v) is 11.6. The summed E-state index contributed by atoms with van der Waals surface area (Å²) in [5, 5.41) is 2.87. The Balaban J connectivity index is 2.80. The Morgan fingerprint density at radius 2 is 2.27 bits per heavy atom. The lowest BCUT2D eigenvalue weighted by Crippen LogP contribution is -2.21. The summed E-state index contributed by atoms with van der Waals surface area (Å²) in [6, 6.07) is 5.95. The van der Waals surface area contributed by atoms with Gasteiger partial charge in [-0.05, 0) is 47.2 Å². The standard InChI is InChI=1S/C11H13ClINO/c1-7-3-4-9(13)5-10(7)14-11(15)8(2)6-12/h3-5,8H,6H2,1-2H3,(H,14,15). The minimum atomic E-state index is -0.163. The number of aryl methyl sites for hydroxylation is 1. The van der Waals surface area contributed by atoms with E-state index < -0.39 is 0 Å². The summed E-state index contributed by atoms with van der Waals surface area (Å²) in [5.74, 6) is 0.147. The van der Waals surface area contributed by atoms with Gasteiger partial charge in [0.05, 0.1) is 0 Å². The van der Waals surface area contributed by atoms with E-state index in [-0.39, 0.29) is 11.8 Å². The summed E-state index contributed by atoms with van der Waals surface area (Å²) in [6.07, 6.45) is 0. The van der Waals surface area contributed by atoms with Gasteiger partial charge in [0.15, 0.2) is 0 Å². The SMILES string of the molecule is Cc1ccc(I)cc1NC(=O)C(C)CCl. The highest BCUT2D eigenvalue weighted by Gasteiger charge is 2.12. The van der Waals surface area contributed by atoms with E-state index in [9.17, 15) is 4.79 Å². The molecule has 0 aliphatic heterocycles. The topological polar surface area (TPSA) is 29.1 Å². The van der Waals surface area contributed by atoms with E-state index in [0.717, 1.165) is 14.8 Å². The van der Waals surface area contributed by atoms with E-state index in [1.807, 2.05) is 32.0 Å². The van der Waals surface area contributed by atoms with Crippen LogP contribution in [0, 0.1) is 16.4 Å². The number of halogens is 2. The molecule has 82 valence electrons. The summed E-state index contributed by atoms with van der Waals surface area (Å²) in [7, 11) is 0. The Hall–Kier alpha value is -0.290. The summed E-state index contributed by atoms with van der Waals surface area (Å²) in [4.78, 5) is 11.6. The van der Waals surface area contributed by atoms with Gasteiger partial charge in [-0.15, -0.1) is 11.6 Å². The molecule has 0 heterocycles. The molecule has 0 radical (unpaired) electrons. The molecule has 0 aliphatic carbocycles. The lowest BCUT2D eigenvalue weighted by Gasteiger charge is -2.11. The highest BCUT2D eigenvalue weighted by molar-refractivity contribution is 14.1. The van der Waals surface area contributed by atoms with Gasteiger partial charge in [0, 0.05) is 21.1 Å². The van der Waals surface area contributed by atoms with Crippen LogP contribution in [0.2, 0.25) is 0 Å². The quantitative estimate of drug-likeness (QED) is 0.664. The molecule has 1 unspecified atom stereocenters. The predicted molar refractivity (Wildman–Crippen MR) is 72.4 cm³/mol. The molecule has 0 saturated heterocycles. The van der Waals surface area contributed by atoms with Gasteiger partial charge in [0.1, 0.15) is 0 Å². The first-order valence-electron chi connectivity index (χ1n) is 4.67. The Kier molecular flexibility index (Phi) is 4.86. The van der Waals surface area contributed by atoms with Gasteiger partial charge >= 0.3 is 0 Å². The van der Waals surface area contributed by atoms with Crippen molar-refractivity contribution in [3.63, 3.8) is 0 Å². The molecule has 4 heteroatoms. The van der Waals surface area contributed by atoms with Crippen molar-refractivity contribution in [2.45, 2.75) is 13.8 Å². The first-order chi connectivity index (χ1) is 7.04. The molecule has 15 heavy (non-hydrogen) atoms. The second-order valence-corrected chi connectivity index (χ2v) is 5.06. The zero-order valence-electron chi connectivity index (χ0n) is 8.68. The van der Waals surface area contributed by atoms with E-state index in [1.54, 1.807) is 0 Å². The molecule has 0 fully saturated rings. The van der Waals surface area contributed by atoms with Crippen molar-refractivity contribution < 1.29 is 4.79 Å². The maximum absolute atomic E-state index is 11.6. The molecule has 0 aliphatic rings. The van der Waals surface area contributed by atoms with Gasteiger partial charge < -0.3 is 5.32 Å². The van der Waals surface area contributed by atoms with Gasteiger partial charge in [-0.3, -0.25) is 4.79 Å². The molecule has 2 nitrogen and oxygen atoms in total. The van der Waals surface area contributed by atoms with Crippen molar-refractivity contribution in [1.29, 1.82) is 0 Å². The van der Waals surface area contributed by atoms with E-state index in [2.05, 4.69) is 27.9 Å². The van der Waals surface area contributed by atoms with Crippen LogP contribution in [0.25, 0.3) is 0 Å². The molecule has 1 aromatic rings. The fourth-order valence-electron chi connectivity index (χ4n) is 1.05. The molecule has 0 aromatic heterocycles. The van der Waals surface area contributed by atoms with Crippen LogP contribution < -0.4 is 5.32 Å². The van der Waals surface area contributed by atoms with Crippen molar-refractivity contribution in [2.75, 3.05) is 11.2 Å². The minimum Gasteiger partial charge on any atom is -0.326 e. The summed E-state index contributed by atoms with van der Waals surface area (Å²) >= 11 is 7.84. The molecular formula is C11H13ClINO. The number of hydrogen-bond donors (Lipinski definition) is 1. The molecule has 1 atom stereocenters. The van der Waals surface area contributed by atoms with Gasteiger partial charge in [0.2, 0.25) is 5.91 Å². The van der Waals surface area contributed by atoms with Crippen LogP contribution in [0.1, 0.15) is 12.5 Å². The number of rotatable bonds is 3. The van der Waals surface area contributed by atoms with Crippen molar-refractivity contribution in [2.24, 2.45) is 5.92 Å². The highest BCUT2D eigenvalue weighted by atomic mass is 127. The number of hydrogen-bond acceptors (Lipinski definition) is 1. The number of anilines is 1. The second-order valence-electron chi connectivity index (χ2n) is 3.50. The first kappa shape index (κ1) is 12.8. The minimum absolute atomic E-state index is 0.0323. The molecule has 1 amide bonds.